The fourth-order valence-electron chi connectivity index (χ4n) is 2.26. The van der Waals surface area contributed by atoms with Crippen LogP contribution < -0.4 is 4.52 Å². The number of benzene rings is 1. The monoisotopic (exact) mass is 250 g/mol. The molecule has 0 spiro atoms. The van der Waals surface area contributed by atoms with E-state index < -0.39 is 8.15 Å². The number of fused-ring (bicyclic) bond motifs is 1. The van der Waals surface area contributed by atoms with Gasteiger partial charge in [-0.1, -0.05) is 32.9 Å². The van der Waals surface area contributed by atoms with E-state index in [0.29, 0.717) is 0 Å². The average molecular weight is 250 g/mol. The van der Waals surface area contributed by atoms with Crippen molar-refractivity contribution in [2.75, 3.05) is 12.3 Å². The lowest BCUT2D eigenvalue weighted by molar-refractivity contribution is 0.0945. The molecule has 0 amide bonds. The van der Waals surface area contributed by atoms with Crippen LogP contribution in [0.1, 0.15) is 36.7 Å². The largest absolute Gasteiger partial charge is 0.473 e. The highest BCUT2D eigenvalue weighted by molar-refractivity contribution is 7.52. The molecule has 0 radical (unpaired) electrons. The molecular formula is C14H19O2P. The van der Waals surface area contributed by atoms with Gasteiger partial charge in [0.1, 0.15) is 5.75 Å². The van der Waals surface area contributed by atoms with Crippen molar-refractivity contribution in [2.45, 2.75) is 27.2 Å². The predicted molar refractivity (Wildman–Crippen MR) is 72.3 cm³/mol. The number of rotatable bonds is 4. The van der Waals surface area contributed by atoms with Crippen LogP contribution in [0.25, 0.3) is 0 Å². The van der Waals surface area contributed by atoms with E-state index in [1.54, 1.807) is 0 Å². The highest BCUT2D eigenvalue weighted by Crippen LogP contribution is 2.42. The first-order chi connectivity index (χ1) is 8.17. The van der Waals surface area contributed by atoms with Crippen LogP contribution in [0.3, 0.4) is 0 Å². The summed E-state index contributed by atoms with van der Waals surface area (Å²) in [7, 11) is -0.425. The van der Waals surface area contributed by atoms with Gasteiger partial charge in [-0.2, -0.15) is 0 Å². The van der Waals surface area contributed by atoms with E-state index in [-0.39, 0.29) is 11.7 Å². The zero-order chi connectivity index (χ0) is 12.4. The molecule has 1 aromatic carbocycles. The predicted octanol–water partition coefficient (Wildman–Crippen LogP) is 3.88. The Morgan fingerprint density at radius 2 is 2.06 bits per heavy atom. The first kappa shape index (κ1) is 12.6. The Labute approximate surface area is 104 Å². The Balaban J connectivity index is 2.31. The van der Waals surface area contributed by atoms with Crippen LogP contribution in [-0.4, -0.2) is 18.1 Å². The van der Waals surface area contributed by atoms with Crippen LogP contribution in [0.4, 0.5) is 0 Å². The van der Waals surface area contributed by atoms with E-state index in [1.165, 1.54) is 0 Å². The maximum atomic E-state index is 12.1. The molecule has 92 valence electrons. The summed E-state index contributed by atoms with van der Waals surface area (Å²) in [4.78, 5) is 12.1. The first-order valence-corrected chi connectivity index (χ1v) is 7.89. The molecule has 0 N–H and O–H groups in total. The number of Topliss-reactive ketones (excluding diaryl/α,β-unsaturated/α-hetero) is 1. The van der Waals surface area contributed by atoms with Gasteiger partial charge in [-0.05, 0) is 18.1 Å². The maximum Gasteiger partial charge on any atom is 0.170 e. The quantitative estimate of drug-likeness (QED) is 0.758. The summed E-state index contributed by atoms with van der Waals surface area (Å²) in [6, 6.07) is 5.98. The molecule has 1 unspecified atom stereocenters. The van der Waals surface area contributed by atoms with Crippen molar-refractivity contribution in [1.29, 1.82) is 0 Å². The van der Waals surface area contributed by atoms with E-state index in [2.05, 4.69) is 13.8 Å². The number of carbonyl (C=O) groups excluding carboxylic acids is 1. The lowest BCUT2D eigenvalue weighted by Crippen LogP contribution is -2.05. The van der Waals surface area contributed by atoms with Crippen LogP contribution in [0.15, 0.2) is 18.2 Å². The second kappa shape index (κ2) is 5.18. The maximum absolute atomic E-state index is 12.1. The Morgan fingerprint density at radius 3 is 2.71 bits per heavy atom. The minimum Gasteiger partial charge on any atom is -0.473 e. The third-order valence-corrected chi connectivity index (χ3v) is 5.13. The highest BCUT2D eigenvalue weighted by Gasteiger charge is 2.30. The molecule has 2 nitrogen and oxygen atoms in total. The molecule has 0 aromatic heterocycles. The Bertz CT molecular complexity index is 424. The minimum atomic E-state index is -0.425. The molecule has 0 aliphatic heterocycles. The lowest BCUT2D eigenvalue weighted by atomic mass is 10.1. The van der Waals surface area contributed by atoms with Gasteiger partial charge in [-0.25, -0.2) is 0 Å². The molecular weight excluding hydrogens is 231 g/mol. The van der Waals surface area contributed by atoms with Crippen LogP contribution in [0.2, 0.25) is 0 Å². The van der Waals surface area contributed by atoms with E-state index in [1.807, 2.05) is 25.1 Å². The average Bonchev–Trinajstić information content (AvgIpc) is 2.63. The summed E-state index contributed by atoms with van der Waals surface area (Å²) in [5.74, 6) is 1.17. The summed E-state index contributed by atoms with van der Waals surface area (Å²) < 4.78 is 6.02. The highest BCUT2D eigenvalue weighted by atomic mass is 31.1. The lowest BCUT2D eigenvalue weighted by Gasteiger charge is -2.17. The van der Waals surface area contributed by atoms with Crippen LogP contribution in [0, 0.1) is 5.92 Å². The topological polar surface area (TPSA) is 26.3 Å². The summed E-state index contributed by atoms with van der Waals surface area (Å²) in [5.41, 5.74) is 2.00. The SMILES string of the molecule is CCP(CC)Oc1cccc2c1C(=O)C(C)C2. The summed E-state index contributed by atoms with van der Waals surface area (Å²) in [6.45, 7) is 6.28. The molecule has 17 heavy (non-hydrogen) atoms. The Morgan fingerprint density at radius 1 is 1.35 bits per heavy atom. The zero-order valence-electron chi connectivity index (χ0n) is 10.7. The summed E-state index contributed by atoms with van der Waals surface area (Å²) in [5, 5.41) is 0. The molecule has 3 heteroatoms. The number of ketones is 1. The van der Waals surface area contributed by atoms with Crippen molar-refractivity contribution < 1.29 is 9.32 Å². The summed E-state index contributed by atoms with van der Waals surface area (Å²) >= 11 is 0. The Kier molecular flexibility index (Phi) is 3.83. The van der Waals surface area contributed by atoms with Gasteiger partial charge in [0.2, 0.25) is 0 Å². The third-order valence-electron chi connectivity index (χ3n) is 3.27. The Hall–Kier alpha value is -0.880. The molecule has 0 saturated carbocycles. The van der Waals surface area contributed by atoms with Gasteiger partial charge in [0.15, 0.2) is 5.78 Å². The van der Waals surface area contributed by atoms with Gasteiger partial charge in [-0.15, -0.1) is 0 Å². The van der Waals surface area contributed by atoms with Crippen molar-refractivity contribution in [3.05, 3.63) is 29.3 Å². The first-order valence-electron chi connectivity index (χ1n) is 6.26. The fraction of sp³-hybridized carbons (Fsp3) is 0.500. The van der Waals surface area contributed by atoms with E-state index in [4.69, 9.17) is 4.52 Å². The van der Waals surface area contributed by atoms with Crippen molar-refractivity contribution in [2.24, 2.45) is 5.92 Å². The third kappa shape index (κ3) is 2.37. The van der Waals surface area contributed by atoms with Crippen LogP contribution in [-0.2, 0) is 6.42 Å². The number of hydrogen-bond acceptors (Lipinski definition) is 2. The van der Waals surface area contributed by atoms with Crippen molar-refractivity contribution in [3.63, 3.8) is 0 Å². The molecule has 1 aliphatic carbocycles. The molecule has 1 aliphatic rings. The van der Waals surface area contributed by atoms with Gasteiger partial charge < -0.3 is 4.52 Å². The molecule has 0 fully saturated rings. The van der Waals surface area contributed by atoms with Crippen LogP contribution in [0.5, 0.6) is 5.75 Å². The second-order valence-corrected chi connectivity index (χ2v) is 6.88. The van der Waals surface area contributed by atoms with Gasteiger partial charge >= 0.3 is 0 Å². The van der Waals surface area contributed by atoms with Gasteiger partial charge in [0.05, 0.1) is 13.7 Å². The second-order valence-electron chi connectivity index (χ2n) is 4.47. The van der Waals surface area contributed by atoms with Gasteiger partial charge in [0.25, 0.3) is 0 Å². The molecule has 0 heterocycles. The zero-order valence-corrected chi connectivity index (χ0v) is 11.6. The molecule has 0 bridgehead atoms. The normalized spacial score (nSPS) is 18.6. The van der Waals surface area contributed by atoms with E-state index in [9.17, 15) is 4.79 Å². The number of hydrogen-bond donors (Lipinski definition) is 0. The molecule has 1 atom stereocenters. The smallest absolute Gasteiger partial charge is 0.170 e. The minimum absolute atomic E-state index is 0.115. The number of carbonyl (C=O) groups is 1. The van der Waals surface area contributed by atoms with Gasteiger partial charge in [-0.3, -0.25) is 4.79 Å². The van der Waals surface area contributed by atoms with E-state index >= 15 is 0 Å². The molecule has 1 aromatic rings. The van der Waals surface area contributed by atoms with Crippen LogP contribution >= 0.6 is 8.15 Å². The molecule has 0 saturated heterocycles. The fourth-order valence-corrected chi connectivity index (χ4v) is 3.40. The summed E-state index contributed by atoms with van der Waals surface area (Å²) in [6.07, 6.45) is 2.94. The molecule has 2 rings (SSSR count). The van der Waals surface area contributed by atoms with Crippen molar-refractivity contribution in [1.82, 2.24) is 0 Å². The van der Waals surface area contributed by atoms with E-state index in [0.717, 1.165) is 35.6 Å². The standard InChI is InChI=1S/C14H19O2P/c1-4-17(5-2)16-12-8-6-7-11-9-10(3)14(15)13(11)12/h6-8,10H,4-5,9H2,1-3H3. The van der Waals surface area contributed by atoms with Crippen molar-refractivity contribution in [3.8, 4) is 5.75 Å². The van der Waals surface area contributed by atoms with Gasteiger partial charge in [0, 0.05) is 18.2 Å². The van der Waals surface area contributed by atoms with Crippen molar-refractivity contribution >= 4 is 13.9 Å².